The maximum atomic E-state index is 13.4. The molecule has 1 N–H and O–H groups in total. The van der Waals surface area contributed by atoms with Gasteiger partial charge in [0.1, 0.15) is 17.6 Å². The van der Waals surface area contributed by atoms with Gasteiger partial charge < -0.3 is 14.5 Å². The van der Waals surface area contributed by atoms with Crippen LogP contribution in [0.5, 0.6) is 5.75 Å². The molecule has 0 saturated carbocycles. The second-order valence-corrected chi connectivity index (χ2v) is 8.58. The van der Waals surface area contributed by atoms with Gasteiger partial charge in [-0.3, -0.25) is 14.6 Å². The Morgan fingerprint density at radius 2 is 1.88 bits per heavy atom. The quantitative estimate of drug-likeness (QED) is 0.584. The molecule has 0 aliphatic carbocycles. The van der Waals surface area contributed by atoms with Crippen LogP contribution in [0.15, 0.2) is 65.3 Å². The number of carbonyl (C=O) groups is 2. The minimum Gasteiger partial charge on any atom is -0.497 e. The summed E-state index contributed by atoms with van der Waals surface area (Å²) in [5.41, 5.74) is 1.63. The number of carbonyl (C=O) groups excluding carboxylic acids is 2. The van der Waals surface area contributed by atoms with Crippen molar-refractivity contribution >= 4 is 11.9 Å². The first-order chi connectivity index (χ1) is 16.1. The van der Waals surface area contributed by atoms with Crippen LogP contribution in [0.3, 0.4) is 0 Å². The van der Waals surface area contributed by atoms with E-state index in [1.807, 2.05) is 42.5 Å². The Morgan fingerprint density at radius 3 is 2.64 bits per heavy atom. The number of nitrogens with one attached hydrogen (secondary N) is 1. The van der Waals surface area contributed by atoms with E-state index in [1.54, 1.807) is 7.11 Å². The number of rotatable bonds is 6. The number of likely N-dealkylation sites (tertiary alicyclic amines) is 1. The summed E-state index contributed by atoms with van der Waals surface area (Å²) in [7, 11) is 1.61. The van der Waals surface area contributed by atoms with Crippen LogP contribution in [-0.2, 0) is 17.9 Å². The monoisotopic (exact) mass is 446 g/mol. The van der Waals surface area contributed by atoms with Gasteiger partial charge in [0, 0.05) is 18.7 Å². The van der Waals surface area contributed by atoms with Crippen molar-refractivity contribution in [1.82, 2.24) is 20.1 Å². The first-order valence-corrected chi connectivity index (χ1v) is 11.1. The lowest BCUT2D eigenvalue weighted by Gasteiger charge is -2.38. The maximum absolute atomic E-state index is 13.4. The number of oxazole rings is 1. The highest BCUT2D eigenvalue weighted by Crippen LogP contribution is 2.30. The average molecular weight is 447 g/mol. The van der Waals surface area contributed by atoms with E-state index in [2.05, 4.69) is 27.3 Å². The molecule has 1 spiro atoms. The largest absolute Gasteiger partial charge is 0.497 e. The summed E-state index contributed by atoms with van der Waals surface area (Å²) in [6.07, 6.45) is 2.97. The Bertz CT molecular complexity index is 1140. The molecule has 8 heteroatoms. The summed E-state index contributed by atoms with van der Waals surface area (Å²) in [6, 6.07) is 17.1. The van der Waals surface area contributed by atoms with Gasteiger partial charge in [0.25, 0.3) is 5.91 Å². The number of imide groups is 1. The van der Waals surface area contributed by atoms with Gasteiger partial charge in [-0.15, -0.1) is 0 Å². The highest BCUT2D eigenvalue weighted by atomic mass is 16.5. The van der Waals surface area contributed by atoms with E-state index in [4.69, 9.17) is 9.15 Å². The van der Waals surface area contributed by atoms with Crippen molar-refractivity contribution in [2.45, 2.75) is 31.5 Å². The molecule has 3 heterocycles. The van der Waals surface area contributed by atoms with Crippen LogP contribution in [0.2, 0.25) is 0 Å². The van der Waals surface area contributed by atoms with Crippen LogP contribution < -0.4 is 10.1 Å². The van der Waals surface area contributed by atoms with Crippen molar-refractivity contribution in [2.75, 3.05) is 20.2 Å². The number of aromatic nitrogens is 1. The summed E-state index contributed by atoms with van der Waals surface area (Å²) < 4.78 is 10.8. The number of amides is 3. The summed E-state index contributed by atoms with van der Waals surface area (Å²) >= 11 is 0. The van der Waals surface area contributed by atoms with Crippen LogP contribution in [0.4, 0.5) is 4.79 Å². The molecule has 0 bridgehead atoms. The lowest BCUT2D eigenvalue weighted by atomic mass is 9.88. The van der Waals surface area contributed by atoms with Gasteiger partial charge in [-0.2, -0.15) is 0 Å². The molecule has 3 amide bonds. The third kappa shape index (κ3) is 4.21. The number of benzene rings is 2. The van der Waals surface area contributed by atoms with Gasteiger partial charge in [-0.1, -0.05) is 30.3 Å². The highest BCUT2D eigenvalue weighted by molar-refractivity contribution is 6.07. The van der Waals surface area contributed by atoms with E-state index < -0.39 is 5.54 Å². The molecule has 2 saturated heterocycles. The van der Waals surface area contributed by atoms with E-state index >= 15 is 0 Å². The lowest BCUT2D eigenvalue weighted by Crippen LogP contribution is -2.58. The Kier molecular flexibility index (Phi) is 5.60. The number of piperidine rings is 1. The van der Waals surface area contributed by atoms with Crippen molar-refractivity contribution in [3.05, 3.63) is 72.1 Å². The normalized spacial score (nSPS) is 20.9. The zero-order valence-electron chi connectivity index (χ0n) is 18.5. The maximum Gasteiger partial charge on any atom is 0.325 e. The van der Waals surface area contributed by atoms with Gasteiger partial charge in [0.15, 0.2) is 0 Å². The lowest BCUT2D eigenvalue weighted by molar-refractivity contribution is -0.133. The summed E-state index contributed by atoms with van der Waals surface area (Å²) in [4.78, 5) is 34.1. The second-order valence-electron chi connectivity index (χ2n) is 8.58. The topological polar surface area (TPSA) is 87.9 Å². The van der Waals surface area contributed by atoms with Crippen LogP contribution >= 0.6 is 0 Å². The van der Waals surface area contributed by atoms with Crippen molar-refractivity contribution in [3.63, 3.8) is 0 Å². The van der Waals surface area contributed by atoms with Gasteiger partial charge in [0.2, 0.25) is 5.89 Å². The third-order valence-electron chi connectivity index (χ3n) is 6.28. The molecule has 8 nitrogen and oxygen atoms in total. The Labute approximate surface area is 192 Å². The number of hydrogen-bond acceptors (Lipinski definition) is 6. The molecule has 2 fully saturated rings. The molecule has 3 aromatic rings. The summed E-state index contributed by atoms with van der Waals surface area (Å²) in [5, 5.41) is 2.98. The van der Waals surface area contributed by atoms with Gasteiger partial charge >= 0.3 is 6.03 Å². The predicted octanol–water partition coefficient (Wildman–Crippen LogP) is 3.44. The second kappa shape index (κ2) is 8.71. The molecule has 1 atom stereocenters. The molecule has 170 valence electrons. The molecule has 2 aliphatic rings. The average Bonchev–Trinajstić information content (AvgIpc) is 3.39. The minimum atomic E-state index is -0.882. The van der Waals surface area contributed by atoms with E-state index in [0.717, 1.165) is 30.8 Å². The smallest absolute Gasteiger partial charge is 0.325 e. The minimum absolute atomic E-state index is 0.0742. The molecular formula is C25H26N4O4. The molecule has 1 unspecified atom stereocenters. The molecule has 2 aliphatic heterocycles. The fraction of sp³-hybridized carbons (Fsp3) is 0.320. The molecular weight excluding hydrogens is 420 g/mol. The molecule has 5 rings (SSSR count). The molecule has 0 radical (unpaired) electrons. The zero-order chi connectivity index (χ0) is 22.8. The van der Waals surface area contributed by atoms with E-state index in [9.17, 15) is 9.59 Å². The number of methoxy groups -OCH3 is 1. The fourth-order valence-corrected chi connectivity index (χ4v) is 4.63. The number of urea groups is 1. The van der Waals surface area contributed by atoms with Crippen LogP contribution in [0.25, 0.3) is 11.5 Å². The van der Waals surface area contributed by atoms with Gasteiger partial charge in [-0.05, 0) is 49.2 Å². The van der Waals surface area contributed by atoms with E-state index in [0.29, 0.717) is 24.6 Å². The number of nitrogens with zero attached hydrogens (tertiary/aromatic N) is 3. The Morgan fingerprint density at radius 1 is 1.09 bits per heavy atom. The Hall–Kier alpha value is -3.65. The molecule has 1 aromatic heterocycles. The van der Waals surface area contributed by atoms with Crippen molar-refractivity contribution in [1.29, 1.82) is 0 Å². The first-order valence-electron chi connectivity index (χ1n) is 11.1. The van der Waals surface area contributed by atoms with Gasteiger partial charge in [-0.25, -0.2) is 9.78 Å². The van der Waals surface area contributed by atoms with E-state index in [-0.39, 0.29) is 18.5 Å². The van der Waals surface area contributed by atoms with Crippen molar-refractivity contribution in [2.24, 2.45) is 0 Å². The summed E-state index contributed by atoms with van der Waals surface area (Å²) in [6.45, 7) is 2.22. The van der Waals surface area contributed by atoms with Crippen LogP contribution in [0, 0.1) is 0 Å². The SMILES string of the molecule is COc1ccc(-c2nc(CN3C(=O)NC4(CCCN(Cc5ccccc5)C4)C3=O)co2)cc1. The van der Waals surface area contributed by atoms with Crippen LogP contribution in [0.1, 0.15) is 24.1 Å². The van der Waals surface area contributed by atoms with Crippen molar-refractivity contribution in [3.8, 4) is 17.2 Å². The predicted molar refractivity (Wildman–Crippen MR) is 121 cm³/mol. The van der Waals surface area contributed by atoms with Crippen LogP contribution in [-0.4, -0.2) is 52.5 Å². The molecule has 33 heavy (non-hydrogen) atoms. The molecule has 2 aromatic carbocycles. The first kappa shape index (κ1) is 21.2. The Balaban J connectivity index is 1.28. The van der Waals surface area contributed by atoms with E-state index in [1.165, 1.54) is 16.7 Å². The zero-order valence-corrected chi connectivity index (χ0v) is 18.5. The summed E-state index contributed by atoms with van der Waals surface area (Å²) in [5.74, 6) is 0.976. The fourth-order valence-electron chi connectivity index (χ4n) is 4.63. The van der Waals surface area contributed by atoms with Gasteiger partial charge in [0.05, 0.1) is 19.3 Å². The number of ether oxygens (including phenoxy) is 1. The standard InChI is InChI=1S/C25H26N4O4/c1-32-21-10-8-19(9-11-21)22-26-20(16-33-22)15-29-23(30)25(27-24(29)31)12-5-13-28(17-25)14-18-6-3-2-4-7-18/h2-4,6-11,16H,5,12-15,17H2,1H3,(H,27,31). The number of hydrogen-bond donors (Lipinski definition) is 1. The third-order valence-corrected chi connectivity index (χ3v) is 6.28. The van der Waals surface area contributed by atoms with Crippen molar-refractivity contribution < 1.29 is 18.7 Å². The highest BCUT2D eigenvalue weighted by Gasteiger charge is 2.53.